The summed E-state index contributed by atoms with van der Waals surface area (Å²) in [4.78, 5) is 24.1. The van der Waals surface area contributed by atoms with Crippen LogP contribution in [0.1, 0.15) is 15.9 Å². The average molecular weight is 360 g/mol. The zero-order valence-corrected chi connectivity index (χ0v) is 15.3. The molecule has 0 aliphatic carbocycles. The first kappa shape index (κ1) is 19.5. The van der Waals surface area contributed by atoms with Gasteiger partial charge in [0.2, 0.25) is 0 Å². The molecule has 0 radical (unpaired) electrons. The molecule has 0 spiro atoms. The Kier molecular flexibility index (Phi) is 7.23. The monoisotopic (exact) mass is 360 g/mol. The van der Waals surface area contributed by atoms with Crippen molar-refractivity contribution in [1.29, 1.82) is 0 Å². The van der Waals surface area contributed by atoms with Gasteiger partial charge in [-0.15, -0.1) is 0 Å². The predicted molar refractivity (Wildman–Crippen MR) is 98.2 cm³/mol. The van der Waals surface area contributed by atoms with Crippen LogP contribution in [0, 0.1) is 0 Å². The van der Waals surface area contributed by atoms with Gasteiger partial charge in [0.1, 0.15) is 0 Å². The topological polar surface area (TPSA) is 78.8 Å². The van der Waals surface area contributed by atoms with E-state index >= 15 is 0 Å². The van der Waals surface area contributed by atoms with E-state index in [-0.39, 0.29) is 11.5 Å². The van der Waals surface area contributed by atoms with Gasteiger partial charge in [-0.25, -0.2) is 0 Å². The van der Waals surface area contributed by atoms with E-state index in [1.165, 1.54) is 16.7 Å². The Labute approximate surface area is 152 Å². The number of nitrogens with one attached hydrogen (secondary N) is 1. The number of carbonyl (C=O) groups is 1. The first-order chi connectivity index (χ1) is 12.6. The fourth-order valence-corrected chi connectivity index (χ4v) is 2.49. The summed E-state index contributed by atoms with van der Waals surface area (Å²) in [6, 6.07) is 8.56. The molecule has 0 atom stereocenters. The minimum atomic E-state index is -0.225. The summed E-state index contributed by atoms with van der Waals surface area (Å²) in [7, 11) is 4.74. The van der Waals surface area contributed by atoms with Crippen molar-refractivity contribution in [1.82, 2.24) is 9.88 Å². The molecule has 0 saturated heterocycles. The van der Waals surface area contributed by atoms with E-state index in [4.69, 9.17) is 14.2 Å². The summed E-state index contributed by atoms with van der Waals surface area (Å²) in [5.41, 5.74) is 1.30. The van der Waals surface area contributed by atoms with E-state index in [2.05, 4.69) is 5.32 Å². The number of rotatable bonds is 9. The molecular formula is C19H24N2O5. The zero-order chi connectivity index (χ0) is 18.9. The van der Waals surface area contributed by atoms with E-state index in [1.807, 2.05) is 18.2 Å². The number of pyridine rings is 1. The number of hydrogen-bond acceptors (Lipinski definition) is 5. The molecule has 1 amide bonds. The Balaban J connectivity index is 1.95. The van der Waals surface area contributed by atoms with Crippen LogP contribution in [0.5, 0.6) is 11.5 Å². The number of benzene rings is 1. The molecule has 0 fully saturated rings. The van der Waals surface area contributed by atoms with Crippen molar-refractivity contribution in [3.8, 4) is 11.5 Å². The van der Waals surface area contributed by atoms with Crippen LogP contribution in [0.15, 0.2) is 41.3 Å². The molecule has 7 nitrogen and oxygen atoms in total. The van der Waals surface area contributed by atoms with Crippen LogP contribution in [0.3, 0.4) is 0 Å². The predicted octanol–water partition coefficient (Wildman–Crippen LogP) is 1.48. The van der Waals surface area contributed by atoms with Gasteiger partial charge in [-0.3, -0.25) is 9.59 Å². The number of amides is 1. The molecule has 1 heterocycles. The van der Waals surface area contributed by atoms with Crippen LogP contribution < -0.4 is 20.3 Å². The first-order valence-corrected chi connectivity index (χ1v) is 8.27. The highest BCUT2D eigenvalue weighted by molar-refractivity contribution is 5.93. The number of carbonyl (C=O) groups excluding carboxylic acids is 1. The van der Waals surface area contributed by atoms with Gasteiger partial charge in [-0.1, -0.05) is 6.07 Å². The van der Waals surface area contributed by atoms with Gasteiger partial charge in [-0.2, -0.15) is 0 Å². The fourth-order valence-electron chi connectivity index (χ4n) is 2.49. The quantitative estimate of drug-likeness (QED) is 0.733. The number of aromatic nitrogens is 1. The largest absolute Gasteiger partial charge is 0.493 e. The van der Waals surface area contributed by atoms with E-state index < -0.39 is 0 Å². The Morgan fingerprint density at radius 1 is 1.08 bits per heavy atom. The third kappa shape index (κ3) is 5.10. The lowest BCUT2D eigenvalue weighted by Gasteiger charge is -2.11. The molecule has 0 aliphatic heterocycles. The standard InChI is InChI=1S/C19H24N2O5/c1-24-11-10-21-13-15(5-7-18(21)22)19(23)20-9-8-14-4-6-16(25-2)17(12-14)26-3/h4-7,12-13H,8-11H2,1-3H3,(H,20,23). The molecule has 26 heavy (non-hydrogen) atoms. The maximum atomic E-state index is 12.3. The first-order valence-electron chi connectivity index (χ1n) is 8.27. The summed E-state index contributed by atoms with van der Waals surface area (Å²) in [5.74, 6) is 1.09. The highest BCUT2D eigenvalue weighted by atomic mass is 16.5. The summed E-state index contributed by atoms with van der Waals surface area (Å²) in [5, 5.41) is 2.86. The van der Waals surface area contributed by atoms with E-state index in [0.29, 0.717) is 43.2 Å². The SMILES string of the molecule is COCCn1cc(C(=O)NCCc2ccc(OC)c(OC)c2)ccc1=O. The van der Waals surface area contributed by atoms with E-state index in [0.717, 1.165) is 5.56 Å². The number of methoxy groups -OCH3 is 3. The molecule has 1 aromatic heterocycles. The Morgan fingerprint density at radius 2 is 1.85 bits per heavy atom. The van der Waals surface area contributed by atoms with Gasteiger partial charge in [0.25, 0.3) is 11.5 Å². The number of nitrogens with zero attached hydrogens (tertiary/aromatic N) is 1. The highest BCUT2D eigenvalue weighted by Crippen LogP contribution is 2.27. The Morgan fingerprint density at radius 3 is 2.54 bits per heavy atom. The lowest BCUT2D eigenvalue weighted by molar-refractivity contribution is 0.0953. The highest BCUT2D eigenvalue weighted by Gasteiger charge is 2.08. The molecular weight excluding hydrogens is 336 g/mol. The van der Waals surface area contributed by atoms with Crippen molar-refractivity contribution in [3.05, 3.63) is 58.0 Å². The zero-order valence-electron chi connectivity index (χ0n) is 15.3. The minimum Gasteiger partial charge on any atom is -0.493 e. The molecule has 1 N–H and O–H groups in total. The van der Waals surface area contributed by atoms with E-state index in [1.54, 1.807) is 27.5 Å². The van der Waals surface area contributed by atoms with Crippen LogP contribution in [0.4, 0.5) is 0 Å². The lowest BCUT2D eigenvalue weighted by Crippen LogP contribution is -2.28. The van der Waals surface area contributed by atoms with Gasteiger partial charge in [0.15, 0.2) is 11.5 Å². The van der Waals surface area contributed by atoms with Gasteiger partial charge in [0, 0.05) is 32.5 Å². The summed E-state index contributed by atoms with van der Waals surface area (Å²) >= 11 is 0. The molecule has 7 heteroatoms. The summed E-state index contributed by atoms with van der Waals surface area (Å²) in [6.45, 7) is 1.28. The summed E-state index contributed by atoms with van der Waals surface area (Å²) < 4.78 is 16.9. The summed E-state index contributed by atoms with van der Waals surface area (Å²) in [6.07, 6.45) is 2.20. The van der Waals surface area contributed by atoms with Crippen molar-refractivity contribution in [2.75, 3.05) is 34.5 Å². The maximum Gasteiger partial charge on any atom is 0.252 e. The molecule has 140 valence electrons. The number of ether oxygens (including phenoxy) is 3. The van der Waals surface area contributed by atoms with Crippen molar-refractivity contribution in [2.45, 2.75) is 13.0 Å². The van der Waals surface area contributed by atoms with Crippen molar-refractivity contribution >= 4 is 5.91 Å². The van der Waals surface area contributed by atoms with Gasteiger partial charge < -0.3 is 24.1 Å². The second-order valence-corrected chi connectivity index (χ2v) is 5.64. The third-order valence-electron chi connectivity index (χ3n) is 3.93. The second-order valence-electron chi connectivity index (χ2n) is 5.64. The Hall–Kier alpha value is -2.80. The molecule has 2 aromatic rings. The van der Waals surface area contributed by atoms with Crippen molar-refractivity contribution in [2.24, 2.45) is 0 Å². The fraction of sp³-hybridized carbons (Fsp3) is 0.368. The maximum absolute atomic E-state index is 12.3. The molecule has 0 bridgehead atoms. The van der Waals surface area contributed by atoms with Crippen LogP contribution in [-0.2, 0) is 17.7 Å². The Bertz CT molecular complexity index is 801. The minimum absolute atomic E-state index is 0.163. The van der Waals surface area contributed by atoms with Gasteiger partial charge >= 0.3 is 0 Å². The second kappa shape index (κ2) is 9.62. The van der Waals surface area contributed by atoms with Crippen LogP contribution in [-0.4, -0.2) is 45.0 Å². The number of hydrogen-bond donors (Lipinski definition) is 1. The molecule has 0 saturated carbocycles. The van der Waals surface area contributed by atoms with Gasteiger partial charge in [-0.05, 0) is 30.2 Å². The molecule has 0 aliphatic rings. The van der Waals surface area contributed by atoms with Crippen LogP contribution in [0.2, 0.25) is 0 Å². The lowest BCUT2D eigenvalue weighted by atomic mass is 10.1. The normalized spacial score (nSPS) is 10.4. The van der Waals surface area contributed by atoms with Crippen LogP contribution in [0.25, 0.3) is 0 Å². The van der Waals surface area contributed by atoms with Crippen molar-refractivity contribution in [3.63, 3.8) is 0 Å². The van der Waals surface area contributed by atoms with Crippen LogP contribution >= 0.6 is 0 Å². The third-order valence-corrected chi connectivity index (χ3v) is 3.93. The van der Waals surface area contributed by atoms with Crippen molar-refractivity contribution < 1.29 is 19.0 Å². The average Bonchev–Trinajstić information content (AvgIpc) is 2.67. The molecule has 0 unspecified atom stereocenters. The smallest absolute Gasteiger partial charge is 0.252 e. The van der Waals surface area contributed by atoms with E-state index in [9.17, 15) is 9.59 Å². The molecule has 2 rings (SSSR count). The molecule has 1 aromatic carbocycles. The van der Waals surface area contributed by atoms with Gasteiger partial charge in [0.05, 0.1) is 26.4 Å².